The van der Waals surface area contributed by atoms with E-state index in [9.17, 15) is 9.59 Å². The van der Waals surface area contributed by atoms with Crippen molar-refractivity contribution in [1.29, 1.82) is 0 Å². The zero-order valence-corrected chi connectivity index (χ0v) is 20.7. The van der Waals surface area contributed by atoms with Crippen LogP contribution in [0.15, 0.2) is 30.3 Å². The highest BCUT2D eigenvalue weighted by atomic mass is 35.5. The van der Waals surface area contributed by atoms with Gasteiger partial charge in [0.1, 0.15) is 24.1 Å². The average molecular weight is 486 g/mol. The molecular formula is C22H32ClNO7Si. The number of hydrogen-bond acceptors (Lipinski definition) is 7. The van der Waals surface area contributed by atoms with Gasteiger partial charge in [-0.05, 0) is 6.04 Å². The molecule has 6 atom stereocenters. The second-order valence-corrected chi connectivity index (χ2v) is 15.1. The van der Waals surface area contributed by atoms with Crippen molar-refractivity contribution in [2.45, 2.75) is 69.5 Å². The number of carbonyl (C=O) groups excluding carboxylic acids is 2. The number of carbonyl (C=O) groups is 2. The third kappa shape index (κ3) is 6.76. The zero-order chi connectivity index (χ0) is 23.3. The number of rotatable bonds is 8. The Bertz CT molecular complexity index is 775. The normalized spacial score (nSPS) is 30.3. The Balaban J connectivity index is 1.83. The lowest BCUT2D eigenvalue weighted by molar-refractivity contribution is -0.344. The fraction of sp³-hybridized carbons (Fsp3) is 0.636. The van der Waals surface area contributed by atoms with Crippen LogP contribution in [0.2, 0.25) is 25.7 Å². The van der Waals surface area contributed by atoms with Gasteiger partial charge in [-0.1, -0.05) is 50.0 Å². The summed E-state index contributed by atoms with van der Waals surface area (Å²) in [5.41, 5.74) is 0.831. The van der Waals surface area contributed by atoms with Crippen molar-refractivity contribution in [3.63, 3.8) is 0 Å². The van der Waals surface area contributed by atoms with Crippen molar-refractivity contribution < 1.29 is 33.3 Å². The second-order valence-electron chi connectivity index (χ2n) is 9.22. The van der Waals surface area contributed by atoms with Gasteiger partial charge in [0.25, 0.3) is 0 Å². The molecule has 2 aliphatic heterocycles. The fourth-order valence-corrected chi connectivity index (χ4v) is 4.48. The third-order valence-corrected chi connectivity index (χ3v) is 7.21. The van der Waals surface area contributed by atoms with E-state index in [0.717, 1.165) is 11.6 Å². The van der Waals surface area contributed by atoms with E-state index in [1.807, 2.05) is 30.3 Å². The van der Waals surface area contributed by atoms with Crippen molar-refractivity contribution in [2.24, 2.45) is 0 Å². The molecule has 178 valence electrons. The van der Waals surface area contributed by atoms with E-state index in [2.05, 4.69) is 25.0 Å². The topological polar surface area (TPSA) is 92.3 Å². The van der Waals surface area contributed by atoms with E-state index in [1.54, 1.807) is 0 Å². The van der Waals surface area contributed by atoms with Crippen LogP contribution in [-0.2, 0) is 33.3 Å². The van der Waals surface area contributed by atoms with Gasteiger partial charge in [-0.3, -0.25) is 9.59 Å². The average Bonchev–Trinajstić information content (AvgIpc) is 2.74. The lowest BCUT2D eigenvalue weighted by Crippen LogP contribution is -2.67. The van der Waals surface area contributed by atoms with Gasteiger partial charge >= 0.3 is 5.97 Å². The van der Waals surface area contributed by atoms with E-state index < -0.39 is 51.0 Å². The highest BCUT2D eigenvalue weighted by molar-refractivity contribution is 6.76. The maximum absolute atomic E-state index is 12.2. The van der Waals surface area contributed by atoms with Crippen molar-refractivity contribution in [2.75, 3.05) is 19.1 Å². The first-order chi connectivity index (χ1) is 15.2. The lowest BCUT2D eigenvalue weighted by Gasteiger charge is -2.48. The van der Waals surface area contributed by atoms with E-state index in [1.165, 1.54) is 6.92 Å². The number of amides is 1. The molecular weight excluding hydrogens is 454 g/mol. The van der Waals surface area contributed by atoms with Gasteiger partial charge in [0.2, 0.25) is 5.91 Å². The molecule has 8 nitrogen and oxygen atoms in total. The molecule has 1 aromatic carbocycles. The molecule has 0 aromatic heterocycles. The Morgan fingerprint density at radius 2 is 1.91 bits per heavy atom. The highest BCUT2D eigenvalue weighted by Gasteiger charge is 2.52. The molecule has 10 heteroatoms. The first-order valence-corrected chi connectivity index (χ1v) is 15.0. The lowest BCUT2D eigenvalue weighted by atomic mass is 9.95. The van der Waals surface area contributed by atoms with Gasteiger partial charge in [-0.25, -0.2) is 0 Å². The van der Waals surface area contributed by atoms with Gasteiger partial charge in [0.15, 0.2) is 18.7 Å². The van der Waals surface area contributed by atoms with Crippen LogP contribution in [0.1, 0.15) is 18.8 Å². The SMILES string of the molecule is CC(=O)N[C@H]1[C@H](OCC[Si](C)(C)C)O[C@@H]2COC(c3ccccc3)O[C@H]2[C@@H]1OC(=O)CCl. The number of hydrogen-bond donors (Lipinski definition) is 1. The molecule has 1 unspecified atom stereocenters. The summed E-state index contributed by atoms with van der Waals surface area (Å²) in [7, 11) is -1.35. The molecule has 0 bridgehead atoms. The van der Waals surface area contributed by atoms with Crippen LogP contribution in [0.3, 0.4) is 0 Å². The summed E-state index contributed by atoms with van der Waals surface area (Å²) in [5, 5.41) is 2.83. The first kappa shape index (κ1) is 25.1. The Kier molecular flexibility index (Phi) is 8.71. The van der Waals surface area contributed by atoms with Gasteiger partial charge in [0, 0.05) is 27.2 Å². The summed E-state index contributed by atoms with van der Waals surface area (Å²) in [6, 6.07) is 9.63. The summed E-state index contributed by atoms with van der Waals surface area (Å²) in [6.07, 6.45) is -3.53. The Hall–Kier alpha value is -1.49. The fourth-order valence-electron chi connectivity index (χ4n) is 3.69. The van der Waals surface area contributed by atoms with Crippen molar-refractivity contribution >= 4 is 31.6 Å². The van der Waals surface area contributed by atoms with Gasteiger partial charge in [-0.2, -0.15) is 0 Å². The van der Waals surface area contributed by atoms with Gasteiger partial charge < -0.3 is 29.0 Å². The molecule has 1 aromatic rings. The Labute approximate surface area is 194 Å². The standard InChI is InChI=1S/C22H32ClNO7Si/c1-14(25)24-18-20(30-17(26)12-23)19-16(29-22(18)27-10-11-32(2,3)4)13-28-21(31-19)15-8-6-5-7-9-15/h5-9,16,18-22H,10-13H2,1-4H3,(H,24,25)/t16-,18-,19-,20-,21?,22-/m1/s1. The monoisotopic (exact) mass is 485 g/mol. The minimum Gasteiger partial charge on any atom is -0.456 e. The summed E-state index contributed by atoms with van der Waals surface area (Å²) in [5.74, 6) is -1.23. The molecule has 1 amide bonds. The van der Waals surface area contributed by atoms with Crippen LogP contribution < -0.4 is 5.32 Å². The van der Waals surface area contributed by atoms with Crippen LogP contribution in [0.25, 0.3) is 0 Å². The zero-order valence-electron chi connectivity index (χ0n) is 18.9. The molecule has 0 radical (unpaired) electrons. The van der Waals surface area contributed by atoms with Crippen LogP contribution in [0, 0.1) is 0 Å². The largest absolute Gasteiger partial charge is 0.456 e. The van der Waals surface area contributed by atoms with Gasteiger partial charge in [-0.15, -0.1) is 11.6 Å². The predicted octanol–water partition coefficient (Wildman–Crippen LogP) is 2.84. The molecule has 2 aliphatic rings. The van der Waals surface area contributed by atoms with Crippen molar-refractivity contribution in [3.05, 3.63) is 35.9 Å². The van der Waals surface area contributed by atoms with Crippen LogP contribution in [0.5, 0.6) is 0 Å². The third-order valence-electron chi connectivity index (χ3n) is 5.29. The summed E-state index contributed by atoms with van der Waals surface area (Å²) < 4.78 is 29.9. The molecule has 2 heterocycles. The molecule has 2 saturated heterocycles. The minimum atomic E-state index is -1.35. The molecule has 32 heavy (non-hydrogen) atoms. The maximum atomic E-state index is 12.2. The summed E-state index contributed by atoms with van der Waals surface area (Å²) in [4.78, 5) is 24.1. The number of benzene rings is 1. The van der Waals surface area contributed by atoms with E-state index in [0.29, 0.717) is 6.61 Å². The molecule has 2 fully saturated rings. The van der Waals surface area contributed by atoms with Crippen molar-refractivity contribution in [3.8, 4) is 0 Å². The summed E-state index contributed by atoms with van der Waals surface area (Å²) >= 11 is 5.71. The molecule has 1 N–H and O–H groups in total. The van der Waals surface area contributed by atoms with Gasteiger partial charge in [0.05, 0.1) is 6.61 Å². The minimum absolute atomic E-state index is 0.222. The number of esters is 1. The number of fused-ring (bicyclic) bond motifs is 1. The summed E-state index contributed by atoms with van der Waals surface area (Å²) in [6.45, 7) is 8.83. The number of ether oxygens (including phenoxy) is 5. The first-order valence-electron chi connectivity index (χ1n) is 10.8. The van der Waals surface area contributed by atoms with Crippen LogP contribution in [-0.4, -0.2) is 69.7 Å². The highest BCUT2D eigenvalue weighted by Crippen LogP contribution is 2.36. The maximum Gasteiger partial charge on any atom is 0.321 e. The van der Waals surface area contributed by atoms with E-state index in [-0.39, 0.29) is 18.4 Å². The van der Waals surface area contributed by atoms with E-state index >= 15 is 0 Å². The van der Waals surface area contributed by atoms with Crippen LogP contribution in [0.4, 0.5) is 0 Å². The molecule has 0 spiro atoms. The van der Waals surface area contributed by atoms with Crippen LogP contribution >= 0.6 is 11.6 Å². The Morgan fingerprint density at radius 3 is 2.53 bits per heavy atom. The number of alkyl halides is 1. The number of halogens is 1. The molecule has 3 rings (SSSR count). The molecule has 0 saturated carbocycles. The quantitative estimate of drug-likeness (QED) is 0.344. The van der Waals surface area contributed by atoms with E-state index in [4.69, 9.17) is 35.3 Å². The molecule has 0 aliphatic carbocycles. The Morgan fingerprint density at radius 1 is 1.19 bits per heavy atom. The van der Waals surface area contributed by atoms with Crippen molar-refractivity contribution in [1.82, 2.24) is 5.32 Å². The number of nitrogens with one attached hydrogen (secondary N) is 1. The predicted molar refractivity (Wildman–Crippen MR) is 121 cm³/mol. The second kappa shape index (κ2) is 11.1. The smallest absolute Gasteiger partial charge is 0.321 e.